The van der Waals surface area contributed by atoms with Gasteiger partial charge in [-0.3, -0.25) is 4.79 Å². The van der Waals surface area contributed by atoms with Crippen molar-refractivity contribution < 1.29 is 4.79 Å². The van der Waals surface area contributed by atoms with Gasteiger partial charge in [-0.05, 0) is 18.2 Å². The molecule has 1 aromatic heterocycles. The van der Waals surface area contributed by atoms with E-state index < -0.39 is 3.79 Å². The number of hydrogen-bond donors (Lipinski definition) is 0. The molecule has 0 bridgehead atoms. The van der Waals surface area contributed by atoms with E-state index in [0.717, 1.165) is 0 Å². The van der Waals surface area contributed by atoms with Crippen LogP contribution in [-0.2, 0) is 8.59 Å². The average Bonchev–Trinajstić information content (AvgIpc) is 2.66. The molecule has 3 rings (SSSR count). The number of carbonyl (C=O) groups excluding carboxylic acids is 1. The van der Waals surface area contributed by atoms with Crippen molar-refractivity contribution in [1.82, 2.24) is 14.9 Å². The first-order valence-corrected chi connectivity index (χ1v) is 9.07. The smallest absolute Gasteiger partial charge is 0.298 e. The molecule has 0 aliphatic carbocycles. The number of carbonyl (C=O) groups is 1. The summed E-state index contributed by atoms with van der Waals surface area (Å²) < 4.78 is -1.47. The van der Waals surface area contributed by atoms with Gasteiger partial charge < -0.3 is 9.80 Å². The fourth-order valence-electron chi connectivity index (χ4n) is 2.51. The number of alkyl halides is 3. The van der Waals surface area contributed by atoms with Gasteiger partial charge in [0.1, 0.15) is 0 Å². The average molecular weight is 410 g/mol. The monoisotopic (exact) mass is 408 g/mol. The third-order valence-electron chi connectivity index (χ3n) is 3.93. The van der Waals surface area contributed by atoms with Crippen molar-refractivity contribution in [3.8, 4) is 11.8 Å². The molecule has 0 unspecified atom stereocenters. The number of rotatable bonds is 1. The number of piperazine rings is 1. The van der Waals surface area contributed by atoms with E-state index in [0.29, 0.717) is 43.3 Å². The van der Waals surface area contributed by atoms with Crippen LogP contribution >= 0.6 is 34.8 Å². The molecule has 1 aromatic carbocycles. The van der Waals surface area contributed by atoms with Crippen LogP contribution in [-0.4, -0.2) is 47.0 Å². The molecule has 0 N–H and O–H groups in total. The summed E-state index contributed by atoms with van der Waals surface area (Å²) >= 11 is 17.5. The van der Waals surface area contributed by atoms with Gasteiger partial charge in [0.15, 0.2) is 0 Å². The highest BCUT2D eigenvalue weighted by Crippen LogP contribution is 2.37. The highest BCUT2D eigenvalue weighted by molar-refractivity contribution is 6.66. The highest BCUT2D eigenvalue weighted by Gasteiger charge is 2.22. The lowest BCUT2D eigenvalue weighted by Crippen LogP contribution is -2.49. The number of amides is 1. The minimum Gasteiger partial charge on any atom is -0.337 e. The molecule has 2 aromatic rings. The lowest BCUT2D eigenvalue weighted by atomic mass is 10.1. The molecule has 0 saturated carbocycles. The minimum atomic E-state index is -1.47. The van der Waals surface area contributed by atoms with E-state index >= 15 is 0 Å². The number of hydrogen-bond acceptors (Lipinski definition) is 4. The van der Waals surface area contributed by atoms with E-state index in [9.17, 15) is 4.79 Å². The van der Waals surface area contributed by atoms with Crippen molar-refractivity contribution in [2.45, 2.75) is 3.79 Å². The molecule has 1 aliphatic heterocycles. The number of benzene rings is 1. The predicted octanol–water partition coefficient (Wildman–Crippen LogP) is 3.00. The van der Waals surface area contributed by atoms with Gasteiger partial charge in [-0.15, -0.1) is 0 Å². The summed E-state index contributed by atoms with van der Waals surface area (Å²) in [6, 6.07) is 8.59. The first-order chi connectivity index (χ1) is 12.4. The second-order valence-electron chi connectivity index (χ2n) is 5.65. The Bertz CT molecular complexity index is 818. The summed E-state index contributed by atoms with van der Waals surface area (Å²) in [4.78, 5) is 24.5. The Balaban J connectivity index is 1.57. The summed E-state index contributed by atoms with van der Waals surface area (Å²) in [7, 11) is 0. The third-order valence-corrected chi connectivity index (χ3v) is 4.58. The summed E-state index contributed by atoms with van der Waals surface area (Å²) in [5, 5.41) is 0. The van der Waals surface area contributed by atoms with E-state index in [1.54, 1.807) is 47.6 Å². The molecule has 1 fully saturated rings. The Labute approximate surface area is 166 Å². The molecule has 134 valence electrons. The summed E-state index contributed by atoms with van der Waals surface area (Å²) in [6.07, 6.45) is 3.42. The van der Waals surface area contributed by atoms with Crippen molar-refractivity contribution in [3.63, 3.8) is 0 Å². The maximum absolute atomic E-state index is 12.3. The third kappa shape index (κ3) is 4.79. The second-order valence-corrected chi connectivity index (χ2v) is 7.93. The van der Waals surface area contributed by atoms with Gasteiger partial charge in [0, 0.05) is 55.6 Å². The standard InChI is InChI=1S/C18H15Cl3N4O/c19-18(20,21)15-5-2-14(3-6-15)4-7-16(26)24-10-12-25(13-11-24)17-22-8-1-9-23-17/h1-3,5-6,8-9H,10-13H2. The van der Waals surface area contributed by atoms with Crippen molar-refractivity contribution in [3.05, 3.63) is 53.9 Å². The predicted molar refractivity (Wildman–Crippen MR) is 103 cm³/mol. The maximum Gasteiger partial charge on any atom is 0.298 e. The van der Waals surface area contributed by atoms with Crippen LogP contribution in [0.2, 0.25) is 0 Å². The van der Waals surface area contributed by atoms with Gasteiger partial charge in [-0.2, -0.15) is 0 Å². The quantitative estimate of drug-likeness (QED) is 0.537. The molecule has 1 saturated heterocycles. The number of halogens is 3. The Hall–Kier alpha value is -2.00. The Morgan fingerprint density at radius 2 is 1.62 bits per heavy atom. The van der Waals surface area contributed by atoms with Gasteiger partial charge in [0.05, 0.1) is 0 Å². The highest BCUT2D eigenvalue weighted by atomic mass is 35.6. The molecule has 5 nitrogen and oxygen atoms in total. The van der Waals surface area contributed by atoms with Gasteiger partial charge in [-0.25, -0.2) is 9.97 Å². The van der Waals surface area contributed by atoms with Crippen molar-refractivity contribution in [2.75, 3.05) is 31.1 Å². The normalized spacial score (nSPS) is 14.6. The van der Waals surface area contributed by atoms with Gasteiger partial charge in [0.2, 0.25) is 9.74 Å². The van der Waals surface area contributed by atoms with E-state index in [2.05, 4.69) is 21.8 Å². The minimum absolute atomic E-state index is 0.205. The van der Waals surface area contributed by atoms with Crippen molar-refractivity contribution >= 4 is 46.7 Å². The van der Waals surface area contributed by atoms with Gasteiger partial charge >= 0.3 is 0 Å². The largest absolute Gasteiger partial charge is 0.337 e. The first kappa shape index (κ1) is 18.8. The number of nitrogens with zero attached hydrogens (tertiary/aromatic N) is 4. The second kappa shape index (κ2) is 8.13. The van der Waals surface area contributed by atoms with E-state index in [4.69, 9.17) is 34.8 Å². The maximum atomic E-state index is 12.3. The zero-order chi connectivity index (χ0) is 18.6. The molecule has 0 atom stereocenters. The molecular weight excluding hydrogens is 395 g/mol. The number of anilines is 1. The topological polar surface area (TPSA) is 49.3 Å². The molecule has 26 heavy (non-hydrogen) atoms. The van der Waals surface area contributed by atoms with Crippen LogP contribution in [0, 0.1) is 11.8 Å². The molecule has 1 amide bonds. The fourth-order valence-corrected chi connectivity index (χ4v) is 2.89. The van der Waals surface area contributed by atoms with Gasteiger partial charge in [-0.1, -0.05) is 52.9 Å². The van der Waals surface area contributed by atoms with Crippen LogP contribution in [0.15, 0.2) is 42.7 Å². The van der Waals surface area contributed by atoms with Crippen LogP contribution in [0.25, 0.3) is 0 Å². The Kier molecular flexibility index (Phi) is 5.87. The lowest BCUT2D eigenvalue weighted by Gasteiger charge is -2.33. The Morgan fingerprint density at radius 1 is 1.00 bits per heavy atom. The lowest BCUT2D eigenvalue weighted by molar-refractivity contribution is -0.125. The van der Waals surface area contributed by atoms with Crippen LogP contribution in [0.1, 0.15) is 11.1 Å². The SMILES string of the molecule is O=C(C#Cc1ccc(C(Cl)(Cl)Cl)cc1)N1CCN(c2ncccn2)CC1. The van der Waals surface area contributed by atoms with Crippen molar-refractivity contribution in [1.29, 1.82) is 0 Å². The molecule has 0 radical (unpaired) electrons. The van der Waals surface area contributed by atoms with E-state index in [1.807, 2.05) is 4.90 Å². The van der Waals surface area contributed by atoms with Crippen LogP contribution in [0.4, 0.5) is 5.95 Å². The van der Waals surface area contributed by atoms with Gasteiger partial charge in [0.25, 0.3) is 5.91 Å². The molecule has 8 heteroatoms. The van der Waals surface area contributed by atoms with Crippen LogP contribution < -0.4 is 4.90 Å². The fraction of sp³-hybridized carbons (Fsp3) is 0.278. The van der Waals surface area contributed by atoms with E-state index in [1.165, 1.54) is 0 Å². The molecule has 2 heterocycles. The zero-order valence-electron chi connectivity index (χ0n) is 13.7. The first-order valence-electron chi connectivity index (χ1n) is 7.93. The summed E-state index contributed by atoms with van der Waals surface area (Å²) in [5.74, 6) is 6.00. The van der Waals surface area contributed by atoms with Crippen molar-refractivity contribution in [2.24, 2.45) is 0 Å². The van der Waals surface area contributed by atoms with E-state index in [-0.39, 0.29) is 5.91 Å². The molecule has 0 spiro atoms. The summed E-state index contributed by atoms with van der Waals surface area (Å²) in [5.41, 5.74) is 1.24. The van der Waals surface area contributed by atoms with Crippen LogP contribution in [0.3, 0.4) is 0 Å². The summed E-state index contributed by atoms with van der Waals surface area (Å²) in [6.45, 7) is 2.51. The number of aromatic nitrogens is 2. The molecular formula is C18H15Cl3N4O. The van der Waals surface area contributed by atoms with Crippen LogP contribution in [0.5, 0.6) is 0 Å². The Morgan fingerprint density at radius 3 is 2.19 bits per heavy atom. The zero-order valence-corrected chi connectivity index (χ0v) is 16.0. The molecule has 1 aliphatic rings.